The van der Waals surface area contributed by atoms with Gasteiger partial charge in [-0.1, -0.05) is 15.9 Å². The third-order valence-electron chi connectivity index (χ3n) is 5.18. The minimum atomic E-state index is -0.558. The summed E-state index contributed by atoms with van der Waals surface area (Å²) in [6, 6.07) is 10.1. The topological polar surface area (TPSA) is 75.1 Å². The van der Waals surface area contributed by atoms with Gasteiger partial charge in [0.05, 0.1) is 12.1 Å². The van der Waals surface area contributed by atoms with Crippen LogP contribution in [0, 0.1) is 5.82 Å². The third kappa shape index (κ3) is 3.12. The molecule has 0 aliphatic carbocycles. The predicted octanol–water partition coefficient (Wildman–Crippen LogP) is 5.76. The molecule has 2 aromatic carbocycles. The van der Waals surface area contributed by atoms with Gasteiger partial charge in [-0.15, -0.1) is 0 Å². The standard InChI is InChI=1S/C22H16BrFN4O3/c1-3-30-22(29)28-11-17(15-9-13(24)5-7-19(15)28)21-20(25-31-26-21)16-10-27(2)18-6-4-12(23)8-14(16)18/h4-11H,3H2,1-2H3. The number of nitrogens with zero attached hydrogens (tertiary/aromatic N) is 4. The Labute approximate surface area is 184 Å². The summed E-state index contributed by atoms with van der Waals surface area (Å²) in [6.45, 7) is 1.94. The fraction of sp³-hybridized carbons (Fsp3) is 0.136. The number of halogens is 2. The van der Waals surface area contributed by atoms with Gasteiger partial charge >= 0.3 is 6.09 Å². The lowest BCUT2D eigenvalue weighted by molar-refractivity contribution is 0.155. The number of aryl methyl sites for hydroxylation is 1. The van der Waals surface area contributed by atoms with Gasteiger partial charge in [-0.25, -0.2) is 13.8 Å². The van der Waals surface area contributed by atoms with Gasteiger partial charge in [0.1, 0.15) is 17.2 Å². The van der Waals surface area contributed by atoms with Crippen molar-refractivity contribution in [3.8, 4) is 22.5 Å². The summed E-state index contributed by atoms with van der Waals surface area (Å²) < 4.78 is 28.6. The van der Waals surface area contributed by atoms with Crippen molar-refractivity contribution in [1.29, 1.82) is 0 Å². The van der Waals surface area contributed by atoms with E-state index in [0.29, 0.717) is 27.9 Å². The van der Waals surface area contributed by atoms with Crippen LogP contribution in [0.3, 0.4) is 0 Å². The van der Waals surface area contributed by atoms with Crippen LogP contribution in [0.25, 0.3) is 44.3 Å². The van der Waals surface area contributed by atoms with Gasteiger partial charge in [0.15, 0.2) is 0 Å². The molecule has 0 bridgehead atoms. The number of rotatable bonds is 3. The molecule has 156 valence electrons. The first-order valence-electron chi connectivity index (χ1n) is 9.53. The summed E-state index contributed by atoms with van der Waals surface area (Å²) in [5, 5.41) is 9.71. The number of ether oxygens (including phenoxy) is 1. The molecule has 3 heterocycles. The van der Waals surface area contributed by atoms with Crippen molar-refractivity contribution in [2.24, 2.45) is 7.05 Å². The second-order valence-electron chi connectivity index (χ2n) is 7.05. The monoisotopic (exact) mass is 482 g/mol. The number of carbonyl (C=O) groups excluding carboxylic acids is 1. The molecule has 5 rings (SSSR count). The second kappa shape index (κ2) is 7.35. The highest BCUT2D eigenvalue weighted by Crippen LogP contribution is 2.39. The van der Waals surface area contributed by atoms with E-state index < -0.39 is 11.9 Å². The molecule has 0 radical (unpaired) electrons. The maximum absolute atomic E-state index is 14.1. The van der Waals surface area contributed by atoms with E-state index >= 15 is 0 Å². The number of hydrogen-bond donors (Lipinski definition) is 0. The van der Waals surface area contributed by atoms with E-state index in [1.54, 1.807) is 13.1 Å². The lowest BCUT2D eigenvalue weighted by Crippen LogP contribution is -2.12. The molecule has 3 aromatic heterocycles. The Bertz CT molecular complexity index is 1470. The van der Waals surface area contributed by atoms with Crippen LogP contribution in [0.4, 0.5) is 9.18 Å². The highest BCUT2D eigenvalue weighted by molar-refractivity contribution is 9.10. The minimum absolute atomic E-state index is 0.219. The molecule has 0 amide bonds. The van der Waals surface area contributed by atoms with Gasteiger partial charge in [-0.05, 0) is 53.6 Å². The van der Waals surface area contributed by atoms with Gasteiger partial charge in [-0.3, -0.25) is 4.57 Å². The summed E-state index contributed by atoms with van der Waals surface area (Å²) >= 11 is 3.51. The molecule has 0 atom stereocenters. The number of carbonyl (C=O) groups is 1. The largest absolute Gasteiger partial charge is 0.449 e. The van der Waals surface area contributed by atoms with Crippen LogP contribution in [-0.4, -0.2) is 32.1 Å². The van der Waals surface area contributed by atoms with Crippen LogP contribution in [0.15, 0.2) is 57.9 Å². The number of benzene rings is 2. The molecule has 0 aliphatic rings. The van der Waals surface area contributed by atoms with Crippen molar-refractivity contribution >= 4 is 43.8 Å². The summed E-state index contributed by atoms with van der Waals surface area (Å²) in [7, 11) is 1.94. The third-order valence-corrected chi connectivity index (χ3v) is 5.67. The van der Waals surface area contributed by atoms with Crippen LogP contribution in [-0.2, 0) is 11.8 Å². The molecule has 9 heteroatoms. The zero-order valence-electron chi connectivity index (χ0n) is 16.6. The van der Waals surface area contributed by atoms with Crippen molar-refractivity contribution in [2.45, 2.75) is 6.92 Å². The lowest BCUT2D eigenvalue weighted by Gasteiger charge is -2.03. The van der Waals surface area contributed by atoms with Crippen molar-refractivity contribution in [3.63, 3.8) is 0 Å². The van der Waals surface area contributed by atoms with E-state index in [4.69, 9.17) is 9.37 Å². The molecule has 0 N–H and O–H groups in total. The molecule has 31 heavy (non-hydrogen) atoms. The first-order chi connectivity index (χ1) is 15.0. The summed E-state index contributed by atoms with van der Waals surface area (Å²) in [5.41, 5.74) is 3.74. The number of fused-ring (bicyclic) bond motifs is 2. The number of aromatic nitrogens is 4. The average Bonchev–Trinajstić information content (AvgIpc) is 3.43. The molecule has 0 aliphatic heterocycles. The molecule has 7 nitrogen and oxygen atoms in total. The maximum Gasteiger partial charge on any atom is 0.418 e. The summed E-state index contributed by atoms with van der Waals surface area (Å²) in [4.78, 5) is 12.5. The predicted molar refractivity (Wildman–Crippen MR) is 117 cm³/mol. The Kier molecular flexibility index (Phi) is 4.62. The Morgan fingerprint density at radius 2 is 1.74 bits per heavy atom. The summed E-state index contributed by atoms with van der Waals surface area (Å²) in [5.74, 6) is -0.428. The highest BCUT2D eigenvalue weighted by Gasteiger charge is 2.24. The second-order valence-corrected chi connectivity index (χ2v) is 7.97. The molecular formula is C22H16BrFN4O3. The quantitative estimate of drug-likeness (QED) is 0.327. The Morgan fingerprint density at radius 1 is 1.06 bits per heavy atom. The SMILES string of the molecule is CCOC(=O)n1cc(-c2nonc2-c2cn(C)c3ccc(Br)cc23)c2cc(F)ccc21. The molecular weight excluding hydrogens is 467 g/mol. The van der Waals surface area contributed by atoms with E-state index in [-0.39, 0.29) is 6.61 Å². The van der Waals surface area contributed by atoms with E-state index in [2.05, 4.69) is 26.2 Å². The maximum atomic E-state index is 14.1. The average molecular weight is 483 g/mol. The Morgan fingerprint density at radius 3 is 2.48 bits per heavy atom. The van der Waals surface area contributed by atoms with E-state index in [1.807, 2.05) is 36.0 Å². The normalized spacial score (nSPS) is 11.5. The van der Waals surface area contributed by atoms with Crippen molar-refractivity contribution in [3.05, 3.63) is 59.1 Å². The van der Waals surface area contributed by atoms with Crippen LogP contribution in [0.5, 0.6) is 0 Å². The fourth-order valence-electron chi connectivity index (χ4n) is 3.83. The minimum Gasteiger partial charge on any atom is -0.449 e. The first-order valence-corrected chi connectivity index (χ1v) is 10.3. The van der Waals surface area contributed by atoms with Crippen LogP contribution in [0.1, 0.15) is 6.92 Å². The number of hydrogen-bond acceptors (Lipinski definition) is 5. The van der Waals surface area contributed by atoms with Gasteiger partial charge in [0, 0.05) is 51.3 Å². The van der Waals surface area contributed by atoms with Gasteiger partial charge in [-0.2, -0.15) is 0 Å². The van der Waals surface area contributed by atoms with Crippen LogP contribution < -0.4 is 0 Å². The first kappa shape index (κ1) is 19.5. The van der Waals surface area contributed by atoms with Crippen molar-refractivity contribution < 1.29 is 18.6 Å². The molecule has 5 aromatic rings. The van der Waals surface area contributed by atoms with E-state index in [0.717, 1.165) is 20.9 Å². The molecule has 0 unspecified atom stereocenters. The smallest absolute Gasteiger partial charge is 0.418 e. The van der Waals surface area contributed by atoms with Gasteiger partial charge in [0.25, 0.3) is 0 Å². The Balaban J connectivity index is 1.76. The van der Waals surface area contributed by atoms with E-state index in [9.17, 15) is 9.18 Å². The molecule has 0 fully saturated rings. The molecule has 0 spiro atoms. The van der Waals surface area contributed by atoms with E-state index in [1.165, 1.54) is 22.8 Å². The van der Waals surface area contributed by atoms with Gasteiger partial charge < -0.3 is 9.30 Å². The van der Waals surface area contributed by atoms with Crippen molar-refractivity contribution in [2.75, 3.05) is 6.61 Å². The fourth-order valence-corrected chi connectivity index (χ4v) is 4.19. The summed E-state index contributed by atoms with van der Waals surface area (Å²) in [6.07, 6.45) is 2.95. The zero-order chi connectivity index (χ0) is 21.7. The van der Waals surface area contributed by atoms with Gasteiger partial charge in [0.2, 0.25) is 0 Å². The lowest BCUT2D eigenvalue weighted by atomic mass is 10.0. The van der Waals surface area contributed by atoms with Crippen LogP contribution in [0.2, 0.25) is 0 Å². The highest BCUT2D eigenvalue weighted by atomic mass is 79.9. The van der Waals surface area contributed by atoms with Crippen molar-refractivity contribution in [1.82, 2.24) is 19.4 Å². The van der Waals surface area contributed by atoms with Crippen LogP contribution >= 0.6 is 15.9 Å². The molecule has 0 saturated heterocycles. The Hall–Kier alpha value is -3.46. The zero-order valence-corrected chi connectivity index (χ0v) is 18.2. The molecule has 0 saturated carbocycles.